The first-order valence-corrected chi connectivity index (χ1v) is 21.3. The number of ether oxygens (including phenoxy) is 2. The van der Waals surface area contributed by atoms with Crippen LogP contribution in [0.5, 0.6) is 0 Å². The average Bonchev–Trinajstić information content (AvgIpc) is 4.10. The molecule has 4 heterocycles. The standard InChI is InChI=1S/C47H58N8O6/c1-8-37(51-46(58)60-6)44(56)54-19-9-10-40(54)38-23-36(24-48-38)35-18-17-33-21-32(15-16-34(33)22-35)30-11-13-31(14-12-30)39-25-49-43(50-39)41-20-29(26-53(4)5)27-55(41)45(57)42(28(2)3)52-47(59)61-7/h11-18,21-22,24-25,28-29,37,40-42H,8-10,19-20,23,26-27H2,1-7H3,(H,49,50)(H,51,58)(H,52,59)/t29-,37+,40+,41+,42?/m1/s1. The van der Waals surface area contributed by atoms with Crippen molar-refractivity contribution in [3.05, 3.63) is 84.4 Å². The molecule has 0 spiro atoms. The van der Waals surface area contributed by atoms with Gasteiger partial charge in [-0.2, -0.15) is 0 Å². The average molecular weight is 831 g/mol. The van der Waals surface area contributed by atoms with Crippen LogP contribution in [0.15, 0.2) is 78.1 Å². The van der Waals surface area contributed by atoms with Crippen molar-refractivity contribution in [3.63, 3.8) is 0 Å². The molecule has 3 aliphatic heterocycles. The van der Waals surface area contributed by atoms with Gasteiger partial charge in [0.1, 0.15) is 17.9 Å². The Morgan fingerprint density at radius 3 is 2.18 bits per heavy atom. The van der Waals surface area contributed by atoms with Crippen molar-refractivity contribution in [2.45, 2.75) is 77.0 Å². The lowest BCUT2D eigenvalue weighted by Gasteiger charge is -2.30. The van der Waals surface area contributed by atoms with Crippen molar-refractivity contribution in [3.8, 4) is 22.4 Å². The van der Waals surface area contributed by atoms with Crippen LogP contribution in [0.2, 0.25) is 0 Å². The number of fused-ring (bicyclic) bond motifs is 1. The number of hydrogen-bond acceptors (Lipinski definition) is 9. The molecule has 2 fully saturated rings. The second-order valence-electron chi connectivity index (χ2n) is 17.0. The highest BCUT2D eigenvalue weighted by Gasteiger charge is 2.42. The third kappa shape index (κ3) is 9.49. The summed E-state index contributed by atoms with van der Waals surface area (Å²) in [5, 5.41) is 7.68. The molecule has 322 valence electrons. The highest BCUT2D eigenvalue weighted by atomic mass is 16.5. The number of rotatable bonds is 13. The normalized spacial score (nSPS) is 19.9. The van der Waals surface area contributed by atoms with Crippen LogP contribution in [0.25, 0.3) is 38.7 Å². The molecule has 1 unspecified atom stereocenters. The number of carbonyl (C=O) groups is 4. The van der Waals surface area contributed by atoms with Gasteiger partial charge in [-0.1, -0.05) is 69.3 Å². The number of aliphatic imine (C=N–C) groups is 1. The summed E-state index contributed by atoms with van der Waals surface area (Å²) in [7, 11) is 6.67. The summed E-state index contributed by atoms with van der Waals surface area (Å²) < 4.78 is 9.57. The Labute approximate surface area is 357 Å². The van der Waals surface area contributed by atoms with Gasteiger partial charge in [0.2, 0.25) is 11.8 Å². The molecule has 61 heavy (non-hydrogen) atoms. The molecule has 0 radical (unpaired) electrons. The molecule has 5 atom stereocenters. The van der Waals surface area contributed by atoms with E-state index >= 15 is 0 Å². The maximum absolute atomic E-state index is 14.0. The smallest absolute Gasteiger partial charge is 0.407 e. The molecular weight excluding hydrogens is 773 g/mol. The van der Waals surface area contributed by atoms with Gasteiger partial charge in [0.15, 0.2) is 0 Å². The van der Waals surface area contributed by atoms with Crippen LogP contribution < -0.4 is 10.6 Å². The number of likely N-dealkylation sites (tertiary alicyclic amines) is 2. The number of hydrogen-bond donors (Lipinski definition) is 3. The number of allylic oxidation sites excluding steroid dienone is 1. The van der Waals surface area contributed by atoms with Crippen molar-refractivity contribution >= 4 is 46.1 Å². The number of alkyl carbamates (subject to hydrolysis) is 2. The Hall–Kier alpha value is -6.02. The summed E-state index contributed by atoms with van der Waals surface area (Å²) in [5.41, 5.74) is 7.25. The van der Waals surface area contributed by atoms with Gasteiger partial charge in [0, 0.05) is 38.0 Å². The molecule has 14 nitrogen and oxygen atoms in total. The maximum Gasteiger partial charge on any atom is 0.407 e. The minimum Gasteiger partial charge on any atom is -0.453 e. The SMILES string of the molecule is CC[C@H](NC(=O)OC)C(=O)N1CCC[C@H]1C1=NC=C(c2ccc3cc(-c4ccc(-c5cnc([C@@H]6C[C@H](CN(C)C)CN6C(=O)C(NC(=O)OC)C(C)C)[nH]5)cc4)ccc3c2)C1. The van der Waals surface area contributed by atoms with Gasteiger partial charge in [-0.25, -0.2) is 14.6 Å². The first-order valence-electron chi connectivity index (χ1n) is 21.3. The molecule has 4 amide bonds. The fourth-order valence-corrected chi connectivity index (χ4v) is 9.02. The molecule has 0 bridgehead atoms. The first-order chi connectivity index (χ1) is 29.4. The van der Waals surface area contributed by atoms with E-state index in [1.54, 1.807) is 0 Å². The molecule has 3 aromatic carbocycles. The Morgan fingerprint density at radius 2 is 1.51 bits per heavy atom. The summed E-state index contributed by atoms with van der Waals surface area (Å²) in [4.78, 5) is 70.4. The van der Waals surface area contributed by atoms with Crippen LogP contribution in [-0.2, 0) is 19.1 Å². The van der Waals surface area contributed by atoms with Crippen LogP contribution in [0, 0.1) is 11.8 Å². The van der Waals surface area contributed by atoms with E-state index in [1.807, 2.05) is 57.1 Å². The minimum absolute atomic E-state index is 0.0884. The molecule has 0 aliphatic carbocycles. The van der Waals surface area contributed by atoms with Crippen LogP contribution >= 0.6 is 0 Å². The Morgan fingerprint density at radius 1 is 0.852 bits per heavy atom. The largest absolute Gasteiger partial charge is 0.453 e. The fraction of sp³-hybridized carbons (Fsp3) is 0.447. The molecule has 7 rings (SSSR count). The van der Waals surface area contributed by atoms with Crippen LogP contribution in [0.1, 0.15) is 70.3 Å². The number of aromatic amines is 1. The van der Waals surface area contributed by atoms with Crippen molar-refractivity contribution in [1.82, 2.24) is 35.3 Å². The first kappa shape index (κ1) is 43.1. The van der Waals surface area contributed by atoms with Crippen molar-refractivity contribution in [2.75, 3.05) is 47.9 Å². The number of imidazole rings is 1. The zero-order valence-corrected chi connectivity index (χ0v) is 36.2. The molecule has 4 aromatic rings. The summed E-state index contributed by atoms with van der Waals surface area (Å²) in [6.45, 7) is 7.76. The highest BCUT2D eigenvalue weighted by Crippen LogP contribution is 2.37. The highest BCUT2D eigenvalue weighted by molar-refractivity contribution is 6.04. The quantitative estimate of drug-likeness (QED) is 0.129. The molecule has 0 saturated carbocycles. The van der Waals surface area contributed by atoms with E-state index in [0.717, 1.165) is 81.6 Å². The van der Waals surface area contributed by atoms with E-state index in [-0.39, 0.29) is 35.7 Å². The fourth-order valence-electron chi connectivity index (χ4n) is 9.02. The summed E-state index contributed by atoms with van der Waals surface area (Å²) in [5.74, 6) is 0.617. The zero-order chi connectivity index (χ0) is 43.4. The number of carbonyl (C=O) groups excluding carboxylic acids is 4. The summed E-state index contributed by atoms with van der Waals surface area (Å²) in [6.07, 6.45) is 6.18. The maximum atomic E-state index is 14.0. The topological polar surface area (TPSA) is 162 Å². The predicted molar refractivity (Wildman–Crippen MR) is 237 cm³/mol. The number of nitrogens with zero attached hydrogens (tertiary/aromatic N) is 5. The summed E-state index contributed by atoms with van der Waals surface area (Å²) >= 11 is 0. The van der Waals surface area contributed by atoms with Gasteiger partial charge in [-0.15, -0.1) is 0 Å². The van der Waals surface area contributed by atoms with Gasteiger partial charge < -0.3 is 39.8 Å². The third-order valence-corrected chi connectivity index (χ3v) is 12.2. The second-order valence-corrected chi connectivity index (χ2v) is 17.0. The molecule has 2 saturated heterocycles. The Bertz CT molecular complexity index is 2320. The van der Waals surface area contributed by atoms with Crippen molar-refractivity contribution in [1.29, 1.82) is 0 Å². The van der Waals surface area contributed by atoms with E-state index in [1.165, 1.54) is 14.2 Å². The second kappa shape index (κ2) is 18.7. The number of nitrogens with one attached hydrogen (secondary N) is 3. The Balaban J connectivity index is 1.02. The van der Waals surface area contributed by atoms with E-state index in [2.05, 4.69) is 81.2 Å². The van der Waals surface area contributed by atoms with Gasteiger partial charge in [-0.3, -0.25) is 14.6 Å². The van der Waals surface area contributed by atoms with Gasteiger partial charge in [-0.05, 0) is 102 Å². The van der Waals surface area contributed by atoms with Gasteiger partial charge in [0.25, 0.3) is 0 Å². The van der Waals surface area contributed by atoms with E-state index < -0.39 is 24.3 Å². The number of methoxy groups -OCH3 is 2. The number of aromatic nitrogens is 2. The van der Waals surface area contributed by atoms with E-state index in [0.29, 0.717) is 25.9 Å². The monoisotopic (exact) mass is 830 g/mol. The molecule has 3 N–H and O–H groups in total. The molecule has 3 aliphatic rings. The number of amides is 4. The summed E-state index contributed by atoms with van der Waals surface area (Å²) in [6, 6.07) is 19.7. The molecule has 1 aromatic heterocycles. The molecule has 14 heteroatoms. The van der Waals surface area contributed by atoms with Crippen molar-refractivity contribution < 1.29 is 28.7 Å². The predicted octanol–water partition coefficient (Wildman–Crippen LogP) is 7.04. The lowest BCUT2D eigenvalue weighted by molar-refractivity contribution is -0.135. The van der Waals surface area contributed by atoms with Crippen LogP contribution in [0.3, 0.4) is 0 Å². The lowest BCUT2D eigenvalue weighted by atomic mass is 9.95. The number of benzene rings is 3. The third-order valence-electron chi connectivity index (χ3n) is 12.2. The van der Waals surface area contributed by atoms with Crippen LogP contribution in [-0.4, -0.2) is 120 Å². The van der Waals surface area contributed by atoms with Gasteiger partial charge >= 0.3 is 12.2 Å². The van der Waals surface area contributed by atoms with E-state index in [4.69, 9.17) is 19.5 Å². The van der Waals surface area contributed by atoms with Crippen molar-refractivity contribution in [2.24, 2.45) is 16.8 Å². The van der Waals surface area contributed by atoms with Crippen LogP contribution in [0.4, 0.5) is 9.59 Å². The lowest BCUT2D eigenvalue weighted by Crippen LogP contribution is -2.51. The zero-order valence-electron chi connectivity index (χ0n) is 36.2. The minimum atomic E-state index is -0.716. The van der Waals surface area contributed by atoms with E-state index in [9.17, 15) is 19.2 Å². The molecular formula is C47H58N8O6. The number of H-pyrrole nitrogens is 1. The van der Waals surface area contributed by atoms with Gasteiger partial charge in [0.05, 0.1) is 38.2 Å². The Kier molecular flexibility index (Phi) is 13.2.